The summed E-state index contributed by atoms with van der Waals surface area (Å²) in [5, 5.41) is 15.5. The molecule has 0 radical (unpaired) electrons. The summed E-state index contributed by atoms with van der Waals surface area (Å²) in [7, 11) is 0. The molecule has 0 aliphatic rings. The highest BCUT2D eigenvalue weighted by molar-refractivity contribution is 7.09. The van der Waals surface area contributed by atoms with Crippen LogP contribution in [0.2, 0.25) is 0 Å². The molecule has 0 aliphatic heterocycles. The molecule has 2 aromatic rings. The predicted octanol–water partition coefficient (Wildman–Crippen LogP) is 3.18. The fourth-order valence-corrected chi connectivity index (χ4v) is 2.58. The number of phenolic OH excluding ortho intramolecular Hbond substituents is 1. The van der Waals surface area contributed by atoms with Crippen LogP contribution in [0.15, 0.2) is 35.7 Å². The van der Waals surface area contributed by atoms with Crippen LogP contribution in [0.1, 0.15) is 17.4 Å². The van der Waals surface area contributed by atoms with Crippen LogP contribution in [-0.4, -0.2) is 18.3 Å². The molecule has 1 heterocycles. The molecule has 1 aromatic carbocycles. The average molecular weight is 277 g/mol. The predicted molar refractivity (Wildman–Crippen MR) is 79.0 cm³/mol. The van der Waals surface area contributed by atoms with Crippen molar-refractivity contribution >= 4 is 11.3 Å². The van der Waals surface area contributed by atoms with Gasteiger partial charge < -0.3 is 15.2 Å². The van der Waals surface area contributed by atoms with Gasteiger partial charge in [-0.15, -0.1) is 11.3 Å². The highest BCUT2D eigenvalue weighted by Gasteiger charge is 2.07. The number of rotatable bonds is 7. The van der Waals surface area contributed by atoms with Crippen molar-refractivity contribution in [2.45, 2.75) is 19.9 Å². The first-order valence-electron chi connectivity index (χ1n) is 6.48. The minimum atomic E-state index is 0.243. The maximum Gasteiger partial charge on any atom is 0.162 e. The van der Waals surface area contributed by atoms with Gasteiger partial charge in [0.1, 0.15) is 0 Å². The molecule has 0 fully saturated rings. The molecule has 19 heavy (non-hydrogen) atoms. The van der Waals surface area contributed by atoms with Gasteiger partial charge in [-0.05, 0) is 30.9 Å². The van der Waals surface area contributed by atoms with Gasteiger partial charge in [0.15, 0.2) is 11.5 Å². The summed E-state index contributed by atoms with van der Waals surface area (Å²) in [5.74, 6) is 0.799. The standard InChI is InChI=1S/C15H19NO2S/c1-2-18-14-7-3-5-12(15(14)17)11-16-9-8-13-6-4-10-19-13/h3-7,10,16-17H,2,8-9,11H2,1H3. The van der Waals surface area contributed by atoms with Gasteiger partial charge in [0, 0.05) is 23.5 Å². The fourth-order valence-electron chi connectivity index (χ4n) is 1.87. The van der Waals surface area contributed by atoms with Crippen molar-refractivity contribution in [2.24, 2.45) is 0 Å². The topological polar surface area (TPSA) is 41.5 Å². The second kappa shape index (κ2) is 7.16. The number of ether oxygens (including phenoxy) is 1. The van der Waals surface area contributed by atoms with Gasteiger partial charge in [0.2, 0.25) is 0 Å². The van der Waals surface area contributed by atoms with Crippen LogP contribution in [0.4, 0.5) is 0 Å². The van der Waals surface area contributed by atoms with E-state index in [1.807, 2.05) is 19.1 Å². The van der Waals surface area contributed by atoms with Crippen LogP contribution >= 0.6 is 11.3 Å². The minimum absolute atomic E-state index is 0.243. The second-order valence-electron chi connectivity index (χ2n) is 4.20. The number of thiophene rings is 1. The molecule has 1 aromatic heterocycles. The Morgan fingerprint density at radius 3 is 2.89 bits per heavy atom. The zero-order valence-corrected chi connectivity index (χ0v) is 11.9. The molecule has 102 valence electrons. The van der Waals surface area contributed by atoms with E-state index in [0.29, 0.717) is 18.9 Å². The smallest absolute Gasteiger partial charge is 0.162 e. The maximum atomic E-state index is 10.0. The van der Waals surface area contributed by atoms with E-state index in [1.54, 1.807) is 17.4 Å². The zero-order valence-electron chi connectivity index (χ0n) is 11.1. The first-order chi connectivity index (χ1) is 9.31. The van der Waals surface area contributed by atoms with E-state index >= 15 is 0 Å². The number of para-hydroxylation sites is 1. The minimum Gasteiger partial charge on any atom is -0.504 e. The number of phenols is 1. The monoisotopic (exact) mass is 277 g/mol. The number of hydrogen-bond donors (Lipinski definition) is 2. The molecule has 0 saturated heterocycles. The molecule has 0 bridgehead atoms. The molecule has 2 N–H and O–H groups in total. The molecule has 0 amide bonds. The van der Waals surface area contributed by atoms with Crippen LogP contribution in [0.3, 0.4) is 0 Å². The number of benzene rings is 1. The van der Waals surface area contributed by atoms with Gasteiger partial charge in [-0.25, -0.2) is 0 Å². The van der Waals surface area contributed by atoms with E-state index in [0.717, 1.165) is 18.5 Å². The number of nitrogens with one attached hydrogen (secondary N) is 1. The van der Waals surface area contributed by atoms with Gasteiger partial charge in [-0.3, -0.25) is 0 Å². The third-order valence-corrected chi connectivity index (χ3v) is 3.76. The molecule has 2 rings (SSSR count). The van der Waals surface area contributed by atoms with Crippen LogP contribution in [0.5, 0.6) is 11.5 Å². The van der Waals surface area contributed by atoms with E-state index in [-0.39, 0.29) is 5.75 Å². The fraction of sp³-hybridized carbons (Fsp3) is 0.333. The molecular formula is C15H19NO2S. The van der Waals surface area contributed by atoms with E-state index in [1.165, 1.54) is 4.88 Å². The zero-order chi connectivity index (χ0) is 13.5. The maximum absolute atomic E-state index is 10.0. The van der Waals surface area contributed by atoms with Crippen molar-refractivity contribution in [3.05, 3.63) is 46.2 Å². The summed E-state index contributed by atoms with van der Waals surface area (Å²) in [6, 6.07) is 9.81. The van der Waals surface area contributed by atoms with Crippen LogP contribution in [-0.2, 0) is 13.0 Å². The lowest BCUT2D eigenvalue weighted by Gasteiger charge is -2.10. The number of hydrogen-bond acceptors (Lipinski definition) is 4. The van der Waals surface area contributed by atoms with Gasteiger partial charge in [-0.1, -0.05) is 18.2 Å². The summed E-state index contributed by atoms with van der Waals surface area (Å²) in [4.78, 5) is 1.37. The lowest BCUT2D eigenvalue weighted by molar-refractivity contribution is 0.316. The Morgan fingerprint density at radius 1 is 1.26 bits per heavy atom. The van der Waals surface area contributed by atoms with Crippen molar-refractivity contribution in [1.82, 2.24) is 5.32 Å². The molecule has 3 nitrogen and oxygen atoms in total. The summed E-state index contributed by atoms with van der Waals surface area (Å²) in [6.07, 6.45) is 1.02. The Hall–Kier alpha value is -1.52. The van der Waals surface area contributed by atoms with Crippen molar-refractivity contribution in [2.75, 3.05) is 13.2 Å². The Bertz CT molecular complexity index is 497. The summed E-state index contributed by atoms with van der Waals surface area (Å²) >= 11 is 1.77. The van der Waals surface area contributed by atoms with Gasteiger partial charge >= 0.3 is 0 Å². The van der Waals surface area contributed by atoms with Gasteiger partial charge in [0.05, 0.1) is 6.61 Å². The molecule has 0 saturated carbocycles. The van der Waals surface area contributed by atoms with Crippen molar-refractivity contribution in [1.29, 1.82) is 0 Å². The first-order valence-corrected chi connectivity index (χ1v) is 7.36. The van der Waals surface area contributed by atoms with E-state index in [4.69, 9.17) is 4.74 Å². The lowest BCUT2D eigenvalue weighted by atomic mass is 10.2. The van der Waals surface area contributed by atoms with Crippen molar-refractivity contribution in [3.8, 4) is 11.5 Å². The second-order valence-corrected chi connectivity index (χ2v) is 5.24. The SMILES string of the molecule is CCOc1cccc(CNCCc2cccs2)c1O. The Kier molecular flexibility index (Phi) is 5.24. The Balaban J connectivity index is 1.83. The Morgan fingerprint density at radius 2 is 2.16 bits per heavy atom. The molecule has 0 aliphatic carbocycles. The van der Waals surface area contributed by atoms with E-state index in [9.17, 15) is 5.11 Å². The molecule has 0 atom stereocenters. The molecular weight excluding hydrogens is 258 g/mol. The third kappa shape index (κ3) is 3.98. The van der Waals surface area contributed by atoms with Crippen molar-refractivity contribution < 1.29 is 9.84 Å². The first kappa shape index (κ1) is 13.9. The van der Waals surface area contributed by atoms with Gasteiger partial charge in [0.25, 0.3) is 0 Å². The summed E-state index contributed by atoms with van der Waals surface area (Å²) < 4.78 is 5.37. The number of aromatic hydroxyl groups is 1. The highest BCUT2D eigenvalue weighted by Crippen LogP contribution is 2.29. The molecule has 0 spiro atoms. The average Bonchev–Trinajstić information content (AvgIpc) is 2.92. The quantitative estimate of drug-likeness (QED) is 0.764. The van der Waals surface area contributed by atoms with Gasteiger partial charge in [-0.2, -0.15) is 0 Å². The van der Waals surface area contributed by atoms with Crippen LogP contribution in [0.25, 0.3) is 0 Å². The summed E-state index contributed by atoms with van der Waals surface area (Å²) in [6.45, 7) is 4.02. The largest absolute Gasteiger partial charge is 0.504 e. The molecule has 0 unspecified atom stereocenters. The normalized spacial score (nSPS) is 10.6. The van der Waals surface area contributed by atoms with Crippen LogP contribution < -0.4 is 10.1 Å². The molecule has 4 heteroatoms. The highest BCUT2D eigenvalue weighted by atomic mass is 32.1. The van der Waals surface area contributed by atoms with Crippen LogP contribution in [0, 0.1) is 0 Å². The third-order valence-electron chi connectivity index (χ3n) is 2.83. The van der Waals surface area contributed by atoms with E-state index in [2.05, 4.69) is 22.8 Å². The van der Waals surface area contributed by atoms with E-state index < -0.39 is 0 Å². The summed E-state index contributed by atoms with van der Waals surface area (Å²) in [5.41, 5.74) is 0.872. The van der Waals surface area contributed by atoms with Crippen molar-refractivity contribution in [3.63, 3.8) is 0 Å². The Labute approximate surface area is 117 Å². The lowest BCUT2D eigenvalue weighted by Crippen LogP contribution is -2.16.